The summed E-state index contributed by atoms with van der Waals surface area (Å²) in [7, 11) is 5.85. The van der Waals surface area contributed by atoms with Crippen molar-refractivity contribution in [2.45, 2.75) is 12.4 Å². The summed E-state index contributed by atoms with van der Waals surface area (Å²) in [5.41, 5.74) is 1.36. The molecule has 0 saturated carbocycles. The van der Waals surface area contributed by atoms with Crippen molar-refractivity contribution in [1.29, 1.82) is 0 Å². The molecule has 1 atom stereocenters. The molecule has 0 amide bonds. The summed E-state index contributed by atoms with van der Waals surface area (Å²) in [6, 6.07) is 10.5. The van der Waals surface area contributed by atoms with Gasteiger partial charge in [-0.2, -0.15) is 0 Å². The Balaban J connectivity index is 1.96. The standard InChI is InChI=1S/C12H14BN/c13-12-7-4-8-14(10-12)9-11-5-2-1-3-6-11/h1-7,12H,8-10H2. The van der Waals surface area contributed by atoms with Gasteiger partial charge in [-0.05, 0) is 17.9 Å². The highest BCUT2D eigenvalue weighted by Gasteiger charge is 2.10. The lowest BCUT2D eigenvalue weighted by molar-refractivity contribution is 0.291. The molecule has 2 radical (unpaired) electrons. The second kappa shape index (κ2) is 4.47. The first-order valence-corrected chi connectivity index (χ1v) is 5.03. The summed E-state index contributed by atoms with van der Waals surface area (Å²) in [5, 5.41) is 0. The van der Waals surface area contributed by atoms with E-state index in [-0.39, 0.29) is 5.82 Å². The van der Waals surface area contributed by atoms with Gasteiger partial charge in [0, 0.05) is 13.1 Å². The highest BCUT2D eigenvalue weighted by atomic mass is 15.1. The molecule has 1 nitrogen and oxygen atoms in total. The van der Waals surface area contributed by atoms with Crippen LogP contribution in [0.5, 0.6) is 0 Å². The molecule has 0 N–H and O–H groups in total. The van der Waals surface area contributed by atoms with Crippen LogP contribution < -0.4 is 0 Å². The Hall–Kier alpha value is -1.02. The molecular formula is C12H14BN. The maximum Gasteiger partial charge on any atom is 0.0772 e. The molecule has 2 rings (SSSR count). The van der Waals surface area contributed by atoms with E-state index in [0.29, 0.717) is 0 Å². The molecule has 14 heavy (non-hydrogen) atoms. The van der Waals surface area contributed by atoms with Crippen molar-refractivity contribution in [3.63, 3.8) is 0 Å². The summed E-state index contributed by atoms with van der Waals surface area (Å²) in [6.07, 6.45) is 4.23. The zero-order valence-electron chi connectivity index (χ0n) is 8.26. The molecule has 2 heteroatoms. The maximum atomic E-state index is 5.85. The third-order valence-corrected chi connectivity index (χ3v) is 2.46. The van der Waals surface area contributed by atoms with Crippen molar-refractivity contribution in [3.8, 4) is 0 Å². The van der Waals surface area contributed by atoms with Crippen LogP contribution in [0.2, 0.25) is 5.82 Å². The number of rotatable bonds is 2. The fourth-order valence-corrected chi connectivity index (χ4v) is 1.79. The van der Waals surface area contributed by atoms with Crippen LogP contribution in [0.25, 0.3) is 0 Å². The van der Waals surface area contributed by atoms with Crippen molar-refractivity contribution in [1.82, 2.24) is 4.90 Å². The number of hydrogen-bond acceptors (Lipinski definition) is 1. The topological polar surface area (TPSA) is 3.24 Å². The largest absolute Gasteiger partial charge is 0.296 e. The van der Waals surface area contributed by atoms with Gasteiger partial charge in [0.15, 0.2) is 0 Å². The highest BCUT2D eigenvalue weighted by molar-refractivity contribution is 6.13. The number of nitrogens with zero attached hydrogens (tertiary/aromatic N) is 1. The Morgan fingerprint density at radius 3 is 2.79 bits per heavy atom. The molecule has 0 aromatic heterocycles. The fraction of sp³-hybridized carbons (Fsp3) is 0.333. The molecule has 0 aliphatic carbocycles. The Labute approximate surface area is 86.8 Å². The summed E-state index contributed by atoms with van der Waals surface area (Å²) in [6.45, 7) is 2.98. The van der Waals surface area contributed by atoms with E-state index < -0.39 is 0 Å². The lowest BCUT2D eigenvalue weighted by Gasteiger charge is -2.27. The Morgan fingerprint density at radius 1 is 1.29 bits per heavy atom. The van der Waals surface area contributed by atoms with Gasteiger partial charge in [-0.3, -0.25) is 4.90 Å². The molecule has 0 spiro atoms. The lowest BCUT2D eigenvalue weighted by atomic mass is 9.85. The third kappa shape index (κ3) is 2.49. The molecule has 1 aromatic rings. The average molecular weight is 183 g/mol. The normalized spacial score (nSPS) is 22.4. The van der Waals surface area contributed by atoms with Crippen LogP contribution in [-0.4, -0.2) is 25.8 Å². The van der Waals surface area contributed by atoms with Gasteiger partial charge in [-0.1, -0.05) is 42.5 Å². The summed E-state index contributed by atoms with van der Waals surface area (Å²) in [5.74, 6) is 0.201. The summed E-state index contributed by atoms with van der Waals surface area (Å²) < 4.78 is 0. The minimum Gasteiger partial charge on any atom is -0.296 e. The molecule has 1 aromatic carbocycles. The Kier molecular flexibility index (Phi) is 3.05. The first kappa shape index (κ1) is 9.54. The summed E-state index contributed by atoms with van der Waals surface area (Å²) >= 11 is 0. The lowest BCUT2D eigenvalue weighted by Crippen LogP contribution is -2.29. The van der Waals surface area contributed by atoms with E-state index in [2.05, 4.69) is 41.3 Å². The van der Waals surface area contributed by atoms with E-state index in [1.165, 1.54) is 5.56 Å². The van der Waals surface area contributed by atoms with E-state index in [1.807, 2.05) is 6.07 Å². The smallest absolute Gasteiger partial charge is 0.0772 e. The predicted octanol–water partition coefficient (Wildman–Crippen LogP) is 2.02. The van der Waals surface area contributed by atoms with Crippen molar-refractivity contribution < 1.29 is 0 Å². The molecule has 0 fully saturated rings. The van der Waals surface area contributed by atoms with Crippen molar-refractivity contribution in [2.75, 3.05) is 13.1 Å². The highest BCUT2D eigenvalue weighted by Crippen LogP contribution is 2.13. The first-order valence-electron chi connectivity index (χ1n) is 5.03. The zero-order chi connectivity index (χ0) is 9.80. The van der Waals surface area contributed by atoms with Crippen LogP contribution in [0.4, 0.5) is 0 Å². The van der Waals surface area contributed by atoms with Gasteiger partial charge in [0.25, 0.3) is 0 Å². The maximum absolute atomic E-state index is 5.85. The first-order chi connectivity index (χ1) is 6.84. The zero-order valence-corrected chi connectivity index (χ0v) is 8.26. The number of hydrogen-bond donors (Lipinski definition) is 0. The molecule has 1 heterocycles. The van der Waals surface area contributed by atoms with E-state index in [0.717, 1.165) is 19.6 Å². The van der Waals surface area contributed by atoms with Crippen LogP contribution in [0.3, 0.4) is 0 Å². The molecule has 1 unspecified atom stereocenters. The predicted molar refractivity (Wildman–Crippen MR) is 60.4 cm³/mol. The third-order valence-electron chi connectivity index (χ3n) is 2.46. The monoisotopic (exact) mass is 183 g/mol. The van der Waals surface area contributed by atoms with Crippen molar-refractivity contribution >= 4 is 7.85 Å². The van der Waals surface area contributed by atoms with E-state index in [9.17, 15) is 0 Å². The van der Waals surface area contributed by atoms with Gasteiger partial charge in [-0.15, -0.1) is 0 Å². The van der Waals surface area contributed by atoms with Gasteiger partial charge in [0.1, 0.15) is 0 Å². The van der Waals surface area contributed by atoms with Crippen LogP contribution >= 0.6 is 0 Å². The van der Waals surface area contributed by atoms with E-state index in [4.69, 9.17) is 7.85 Å². The van der Waals surface area contributed by atoms with E-state index >= 15 is 0 Å². The Bertz CT molecular complexity index is 307. The summed E-state index contributed by atoms with van der Waals surface area (Å²) in [4.78, 5) is 2.36. The van der Waals surface area contributed by atoms with Crippen LogP contribution in [0.15, 0.2) is 42.5 Å². The molecule has 1 aliphatic heterocycles. The Morgan fingerprint density at radius 2 is 2.07 bits per heavy atom. The molecular weight excluding hydrogens is 169 g/mol. The van der Waals surface area contributed by atoms with Crippen LogP contribution in [0, 0.1) is 0 Å². The SMILES string of the molecule is [B]C1C=CCN(Cc2ccccc2)C1. The van der Waals surface area contributed by atoms with Gasteiger partial charge in [-0.25, -0.2) is 0 Å². The minimum atomic E-state index is 0.201. The fourth-order valence-electron chi connectivity index (χ4n) is 1.79. The van der Waals surface area contributed by atoms with Crippen molar-refractivity contribution in [3.05, 3.63) is 48.0 Å². The van der Waals surface area contributed by atoms with E-state index in [1.54, 1.807) is 0 Å². The van der Waals surface area contributed by atoms with Gasteiger partial charge >= 0.3 is 0 Å². The van der Waals surface area contributed by atoms with Crippen LogP contribution in [-0.2, 0) is 6.54 Å². The average Bonchev–Trinajstić information content (AvgIpc) is 2.19. The van der Waals surface area contributed by atoms with Gasteiger partial charge in [0.2, 0.25) is 0 Å². The molecule has 0 bridgehead atoms. The molecule has 70 valence electrons. The number of benzene rings is 1. The second-order valence-corrected chi connectivity index (χ2v) is 3.77. The van der Waals surface area contributed by atoms with Gasteiger partial charge in [0.05, 0.1) is 7.85 Å². The van der Waals surface area contributed by atoms with Crippen LogP contribution in [0.1, 0.15) is 5.56 Å². The molecule has 1 aliphatic rings. The second-order valence-electron chi connectivity index (χ2n) is 3.77. The minimum absolute atomic E-state index is 0.201. The quantitative estimate of drug-likeness (QED) is 0.500. The molecule has 0 saturated heterocycles. The van der Waals surface area contributed by atoms with Crippen molar-refractivity contribution in [2.24, 2.45) is 0 Å². The van der Waals surface area contributed by atoms with Gasteiger partial charge < -0.3 is 0 Å².